The van der Waals surface area contributed by atoms with E-state index in [1.807, 2.05) is 20.8 Å². The number of imidazole rings is 1. The Morgan fingerprint density at radius 3 is 2.15 bits per heavy atom. The Hall–Kier alpha value is -1.94. The number of nitrogens with zero attached hydrogens (tertiary/aromatic N) is 3. The van der Waals surface area contributed by atoms with E-state index >= 15 is 0 Å². The summed E-state index contributed by atoms with van der Waals surface area (Å²) >= 11 is 6.51. The number of H-pyrrole nitrogens is 1. The first-order valence-corrected chi connectivity index (χ1v) is 9.95. The van der Waals surface area contributed by atoms with Gasteiger partial charge in [0.05, 0.1) is 32.9 Å². The van der Waals surface area contributed by atoms with Crippen LogP contribution in [0.2, 0.25) is 5.02 Å². The first-order valence-electron chi connectivity index (χ1n) is 9.57. The molecule has 0 saturated carbocycles. The number of fused-ring (bicyclic) bond motifs is 1. The summed E-state index contributed by atoms with van der Waals surface area (Å²) < 4.78 is 71.6. The SMILES string of the molecule is Cn1nc(C(C)(C)C)c(Cl)c1-c1nc2cc(-c3c(F)cccc3F)cc(C(F)(F)F)c2[nH]1.[NaH]. The predicted octanol–water partition coefficient (Wildman–Crippen LogP) is 6.23. The van der Waals surface area contributed by atoms with Gasteiger partial charge in [0.25, 0.3) is 0 Å². The molecule has 170 valence electrons. The van der Waals surface area contributed by atoms with Crippen LogP contribution in [0.15, 0.2) is 30.3 Å². The fraction of sp³-hybridized carbons (Fsp3) is 0.273. The molecule has 4 rings (SSSR count). The average molecular weight is 493 g/mol. The fourth-order valence-electron chi connectivity index (χ4n) is 3.60. The van der Waals surface area contributed by atoms with E-state index in [1.165, 1.54) is 10.7 Å². The van der Waals surface area contributed by atoms with Crippen LogP contribution < -0.4 is 0 Å². The van der Waals surface area contributed by atoms with E-state index < -0.39 is 34.4 Å². The van der Waals surface area contributed by atoms with Crippen molar-refractivity contribution in [3.63, 3.8) is 0 Å². The summed E-state index contributed by atoms with van der Waals surface area (Å²) in [4.78, 5) is 6.95. The van der Waals surface area contributed by atoms with Crippen molar-refractivity contribution in [3.8, 4) is 22.6 Å². The van der Waals surface area contributed by atoms with E-state index in [2.05, 4.69) is 15.1 Å². The molecule has 11 heteroatoms. The zero-order valence-corrected chi connectivity index (χ0v) is 18.3. The second-order valence-electron chi connectivity index (χ2n) is 8.48. The molecule has 0 aliphatic rings. The van der Waals surface area contributed by atoms with Crippen molar-refractivity contribution in [1.29, 1.82) is 0 Å². The number of hydrogen-bond donors (Lipinski definition) is 1. The van der Waals surface area contributed by atoms with Gasteiger partial charge in [-0.15, -0.1) is 0 Å². The number of aryl methyl sites for hydroxylation is 1. The van der Waals surface area contributed by atoms with Crippen LogP contribution >= 0.6 is 11.6 Å². The Labute approximate surface area is 213 Å². The summed E-state index contributed by atoms with van der Waals surface area (Å²) in [5.74, 6) is -1.89. The van der Waals surface area contributed by atoms with Crippen LogP contribution in [0.3, 0.4) is 0 Å². The third kappa shape index (κ3) is 4.56. The molecule has 0 spiro atoms. The summed E-state index contributed by atoms with van der Waals surface area (Å²) in [6, 6.07) is 5.02. The molecule has 33 heavy (non-hydrogen) atoms. The number of benzene rings is 2. The monoisotopic (exact) mass is 492 g/mol. The van der Waals surface area contributed by atoms with Crippen molar-refractivity contribution in [2.75, 3.05) is 0 Å². The van der Waals surface area contributed by atoms with Crippen molar-refractivity contribution in [3.05, 3.63) is 58.2 Å². The Bertz CT molecular complexity index is 1330. The Balaban J connectivity index is 0.00000306. The molecule has 0 saturated heterocycles. The minimum atomic E-state index is -4.80. The van der Waals surface area contributed by atoms with Crippen LogP contribution in [0, 0.1) is 11.6 Å². The molecule has 4 nitrogen and oxygen atoms in total. The van der Waals surface area contributed by atoms with Gasteiger partial charge in [-0.25, -0.2) is 13.8 Å². The number of hydrogen-bond acceptors (Lipinski definition) is 2. The summed E-state index contributed by atoms with van der Waals surface area (Å²) in [6.45, 7) is 5.71. The van der Waals surface area contributed by atoms with Gasteiger partial charge in [-0.3, -0.25) is 4.68 Å². The van der Waals surface area contributed by atoms with E-state index in [-0.39, 0.29) is 57.0 Å². The number of halogens is 6. The quantitative estimate of drug-likeness (QED) is 0.266. The molecule has 0 bridgehead atoms. The number of rotatable bonds is 2. The first kappa shape index (κ1) is 25.7. The molecule has 0 fully saturated rings. The van der Waals surface area contributed by atoms with Crippen molar-refractivity contribution >= 4 is 52.2 Å². The van der Waals surface area contributed by atoms with Gasteiger partial charge in [0.15, 0.2) is 5.82 Å². The van der Waals surface area contributed by atoms with Gasteiger partial charge < -0.3 is 4.98 Å². The molecular formula is C22H19ClF5N4Na. The van der Waals surface area contributed by atoms with Crippen molar-refractivity contribution in [2.45, 2.75) is 32.4 Å². The molecule has 0 aliphatic carbocycles. The standard InChI is InChI=1S/C22H18ClF5N4.Na.H/c1-21(2,3)19-16(23)18(32(4)31-19)20-29-14-9-10(15-12(24)6-5-7-13(15)25)8-11(17(14)30-20)22(26,27)28;;/h5-9H,1-4H3,(H,29,30);;. The van der Waals surface area contributed by atoms with Gasteiger partial charge in [-0.1, -0.05) is 38.4 Å². The maximum absolute atomic E-state index is 14.3. The zero-order chi connectivity index (χ0) is 23.6. The van der Waals surface area contributed by atoms with Gasteiger partial charge in [0, 0.05) is 12.5 Å². The second kappa shape index (κ2) is 8.69. The van der Waals surface area contributed by atoms with Crippen molar-refractivity contribution < 1.29 is 22.0 Å². The van der Waals surface area contributed by atoms with Gasteiger partial charge >= 0.3 is 35.7 Å². The number of aromatic nitrogens is 4. The van der Waals surface area contributed by atoms with Crippen molar-refractivity contribution in [2.24, 2.45) is 7.05 Å². The minimum absolute atomic E-state index is 0. The Morgan fingerprint density at radius 1 is 1.03 bits per heavy atom. The van der Waals surface area contributed by atoms with E-state index in [1.54, 1.807) is 7.05 Å². The van der Waals surface area contributed by atoms with Crippen LogP contribution in [0.1, 0.15) is 32.0 Å². The third-order valence-electron chi connectivity index (χ3n) is 5.07. The van der Waals surface area contributed by atoms with E-state index in [4.69, 9.17) is 11.6 Å². The summed E-state index contributed by atoms with van der Waals surface area (Å²) in [7, 11) is 1.61. The molecule has 1 N–H and O–H groups in total. The zero-order valence-electron chi connectivity index (χ0n) is 17.5. The first-order chi connectivity index (χ1) is 14.8. The van der Waals surface area contributed by atoms with E-state index in [0.29, 0.717) is 17.5 Å². The fourth-order valence-corrected chi connectivity index (χ4v) is 4.13. The van der Waals surface area contributed by atoms with Crippen LogP contribution in [-0.4, -0.2) is 49.3 Å². The van der Waals surface area contributed by atoms with Gasteiger partial charge in [-0.2, -0.15) is 18.3 Å². The molecule has 0 radical (unpaired) electrons. The van der Waals surface area contributed by atoms with E-state index in [0.717, 1.165) is 18.2 Å². The van der Waals surface area contributed by atoms with Gasteiger partial charge in [-0.05, 0) is 29.8 Å². The number of alkyl halides is 3. The molecule has 0 amide bonds. The predicted molar refractivity (Wildman–Crippen MR) is 120 cm³/mol. The molecule has 2 aromatic heterocycles. The van der Waals surface area contributed by atoms with Gasteiger partial charge in [0.1, 0.15) is 17.3 Å². The van der Waals surface area contributed by atoms with Crippen LogP contribution in [0.25, 0.3) is 33.7 Å². The van der Waals surface area contributed by atoms with Crippen molar-refractivity contribution in [1.82, 2.24) is 19.7 Å². The molecule has 0 aliphatic heterocycles. The Kier molecular flexibility index (Phi) is 6.76. The molecule has 4 aromatic rings. The maximum atomic E-state index is 14.3. The number of aromatic amines is 1. The Morgan fingerprint density at radius 2 is 1.64 bits per heavy atom. The van der Waals surface area contributed by atoms with Gasteiger partial charge in [0.2, 0.25) is 0 Å². The summed E-state index contributed by atoms with van der Waals surface area (Å²) in [5, 5.41) is 4.65. The van der Waals surface area contributed by atoms with Crippen LogP contribution in [0.4, 0.5) is 22.0 Å². The summed E-state index contributed by atoms with van der Waals surface area (Å²) in [6.07, 6.45) is -4.80. The van der Waals surface area contributed by atoms with Crippen LogP contribution in [-0.2, 0) is 18.6 Å². The molecule has 2 heterocycles. The third-order valence-corrected chi connectivity index (χ3v) is 5.43. The molecule has 2 aromatic carbocycles. The number of nitrogens with one attached hydrogen (secondary N) is 1. The average Bonchev–Trinajstić information content (AvgIpc) is 3.19. The normalized spacial score (nSPS) is 12.3. The molecule has 0 atom stereocenters. The summed E-state index contributed by atoms with van der Waals surface area (Å²) in [5.41, 5.74) is -1.90. The van der Waals surface area contributed by atoms with Crippen LogP contribution in [0.5, 0.6) is 0 Å². The molecular weight excluding hydrogens is 474 g/mol. The molecule has 0 unspecified atom stereocenters. The van der Waals surface area contributed by atoms with E-state index in [9.17, 15) is 22.0 Å². The second-order valence-corrected chi connectivity index (χ2v) is 8.86. The topological polar surface area (TPSA) is 46.5 Å².